The Morgan fingerprint density at radius 3 is 2.65 bits per heavy atom. The fraction of sp³-hybridized carbons (Fsp3) is 0.0952. The topological polar surface area (TPSA) is 115 Å². The zero-order valence-electron chi connectivity index (χ0n) is 16.2. The Morgan fingerprint density at radius 2 is 1.84 bits per heavy atom. The summed E-state index contributed by atoms with van der Waals surface area (Å²) in [6.45, 7) is 0.107. The lowest BCUT2D eigenvalue weighted by molar-refractivity contribution is -0.122. The van der Waals surface area contributed by atoms with Gasteiger partial charge in [-0.3, -0.25) is 9.59 Å². The predicted octanol–water partition coefficient (Wildman–Crippen LogP) is 2.64. The van der Waals surface area contributed by atoms with Crippen LogP contribution >= 0.6 is 0 Å². The maximum atomic E-state index is 13.9. The van der Waals surface area contributed by atoms with Gasteiger partial charge in [0.1, 0.15) is 18.1 Å². The fourth-order valence-corrected chi connectivity index (χ4v) is 2.82. The summed E-state index contributed by atoms with van der Waals surface area (Å²) in [5.74, 6) is -0.706. The molecule has 0 unspecified atom stereocenters. The Labute approximate surface area is 175 Å². The molecule has 0 fully saturated rings. The van der Waals surface area contributed by atoms with E-state index in [1.807, 2.05) is 0 Å². The molecule has 0 saturated carbocycles. The van der Waals surface area contributed by atoms with Crippen molar-refractivity contribution in [2.24, 2.45) is 0 Å². The molecule has 0 bridgehead atoms. The molecule has 2 N–H and O–H groups in total. The van der Waals surface area contributed by atoms with Crippen LogP contribution in [0.25, 0.3) is 11.4 Å². The summed E-state index contributed by atoms with van der Waals surface area (Å²) < 4.78 is 19.1. The third-order valence-electron chi connectivity index (χ3n) is 4.31. The SMILES string of the molecule is O=C(Cn1nnc(-c2ccccc2NC(=O)c2ccccc2F)n1)NCc1ccco1. The van der Waals surface area contributed by atoms with Gasteiger partial charge in [0, 0.05) is 5.56 Å². The molecule has 10 heteroatoms. The standard InChI is InChI=1S/C21H17FN6O3/c22-17-9-3-1-7-15(17)21(30)24-18-10-4-2-8-16(18)20-25-27-28(26-20)13-19(29)23-12-14-6-5-11-31-14/h1-11H,12-13H2,(H,23,29)(H,24,30). The highest BCUT2D eigenvalue weighted by Gasteiger charge is 2.16. The lowest BCUT2D eigenvalue weighted by atomic mass is 10.1. The second kappa shape index (κ2) is 8.99. The average molecular weight is 420 g/mol. The van der Waals surface area contributed by atoms with E-state index < -0.39 is 11.7 Å². The van der Waals surface area contributed by atoms with Crippen LogP contribution in [0.3, 0.4) is 0 Å². The van der Waals surface area contributed by atoms with E-state index in [1.165, 1.54) is 24.5 Å². The minimum Gasteiger partial charge on any atom is -0.467 e. The zero-order chi connectivity index (χ0) is 21.6. The minimum absolute atomic E-state index is 0.0813. The molecule has 31 heavy (non-hydrogen) atoms. The smallest absolute Gasteiger partial charge is 0.258 e. The first-order valence-corrected chi connectivity index (χ1v) is 9.32. The Kier molecular flexibility index (Phi) is 5.79. The number of amides is 2. The maximum absolute atomic E-state index is 13.9. The number of furan rings is 1. The lowest BCUT2D eigenvalue weighted by Crippen LogP contribution is -2.27. The number of carbonyl (C=O) groups excluding carboxylic acids is 2. The molecule has 2 amide bonds. The number of para-hydroxylation sites is 1. The summed E-state index contributed by atoms with van der Waals surface area (Å²) in [5.41, 5.74) is 0.786. The summed E-state index contributed by atoms with van der Waals surface area (Å²) in [5, 5.41) is 17.4. The molecule has 0 spiro atoms. The zero-order valence-corrected chi connectivity index (χ0v) is 16.2. The molecule has 9 nitrogen and oxygen atoms in total. The third kappa shape index (κ3) is 4.81. The van der Waals surface area contributed by atoms with Gasteiger partial charge in [-0.2, -0.15) is 4.80 Å². The summed E-state index contributed by atoms with van der Waals surface area (Å²) >= 11 is 0. The van der Waals surface area contributed by atoms with E-state index in [9.17, 15) is 14.0 Å². The number of hydrogen-bond donors (Lipinski definition) is 2. The van der Waals surface area contributed by atoms with Gasteiger partial charge in [-0.1, -0.05) is 24.3 Å². The molecule has 156 valence electrons. The van der Waals surface area contributed by atoms with E-state index >= 15 is 0 Å². The number of nitrogens with zero attached hydrogens (tertiary/aromatic N) is 4. The van der Waals surface area contributed by atoms with Crippen molar-refractivity contribution in [3.63, 3.8) is 0 Å². The number of aromatic nitrogens is 4. The number of anilines is 1. The van der Waals surface area contributed by atoms with Crippen molar-refractivity contribution in [2.45, 2.75) is 13.1 Å². The Bertz CT molecular complexity index is 1210. The van der Waals surface area contributed by atoms with Crippen LogP contribution in [0.4, 0.5) is 10.1 Å². The summed E-state index contributed by atoms with van der Waals surface area (Å²) in [6.07, 6.45) is 1.52. The van der Waals surface area contributed by atoms with Gasteiger partial charge in [0.15, 0.2) is 0 Å². The molecule has 0 saturated heterocycles. The molecule has 0 atom stereocenters. The van der Waals surface area contributed by atoms with E-state index in [0.717, 1.165) is 4.80 Å². The third-order valence-corrected chi connectivity index (χ3v) is 4.31. The maximum Gasteiger partial charge on any atom is 0.258 e. The van der Waals surface area contributed by atoms with Crippen molar-refractivity contribution in [2.75, 3.05) is 5.32 Å². The van der Waals surface area contributed by atoms with Crippen molar-refractivity contribution in [1.82, 2.24) is 25.5 Å². The van der Waals surface area contributed by atoms with E-state index in [0.29, 0.717) is 17.0 Å². The van der Waals surface area contributed by atoms with Crippen LogP contribution in [0, 0.1) is 5.82 Å². The number of benzene rings is 2. The summed E-state index contributed by atoms with van der Waals surface area (Å²) in [4.78, 5) is 25.7. The van der Waals surface area contributed by atoms with Crippen molar-refractivity contribution in [3.05, 3.63) is 84.1 Å². The monoisotopic (exact) mass is 420 g/mol. The van der Waals surface area contributed by atoms with Gasteiger partial charge in [-0.25, -0.2) is 4.39 Å². The lowest BCUT2D eigenvalue weighted by Gasteiger charge is -2.09. The van der Waals surface area contributed by atoms with Crippen LogP contribution in [0.15, 0.2) is 71.3 Å². The Hall–Kier alpha value is -4.34. The van der Waals surface area contributed by atoms with Gasteiger partial charge in [0.25, 0.3) is 5.91 Å². The molecular weight excluding hydrogens is 403 g/mol. The van der Waals surface area contributed by atoms with Gasteiger partial charge >= 0.3 is 0 Å². The highest BCUT2D eigenvalue weighted by molar-refractivity contribution is 6.06. The van der Waals surface area contributed by atoms with Gasteiger partial charge in [-0.15, -0.1) is 10.2 Å². The molecule has 0 aliphatic carbocycles. The van der Waals surface area contributed by atoms with Crippen LogP contribution in [-0.4, -0.2) is 32.0 Å². The fourth-order valence-electron chi connectivity index (χ4n) is 2.82. The average Bonchev–Trinajstić information content (AvgIpc) is 3.45. The van der Waals surface area contributed by atoms with E-state index in [1.54, 1.807) is 42.5 Å². The van der Waals surface area contributed by atoms with Crippen LogP contribution in [0.1, 0.15) is 16.1 Å². The molecule has 0 aliphatic rings. The normalized spacial score (nSPS) is 10.6. The van der Waals surface area contributed by atoms with Gasteiger partial charge in [0.2, 0.25) is 11.7 Å². The van der Waals surface area contributed by atoms with E-state index in [-0.39, 0.29) is 30.4 Å². The van der Waals surface area contributed by atoms with E-state index in [2.05, 4.69) is 26.0 Å². The molecule has 2 aromatic carbocycles. The highest BCUT2D eigenvalue weighted by atomic mass is 19.1. The minimum atomic E-state index is -0.623. The molecular formula is C21H17FN6O3. The van der Waals surface area contributed by atoms with Crippen LogP contribution < -0.4 is 10.6 Å². The molecule has 4 aromatic rings. The molecule has 2 aromatic heterocycles. The van der Waals surface area contributed by atoms with Gasteiger partial charge < -0.3 is 15.1 Å². The van der Waals surface area contributed by atoms with Crippen LogP contribution in [-0.2, 0) is 17.9 Å². The van der Waals surface area contributed by atoms with Crippen LogP contribution in [0.2, 0.25) is 0 Å². The molecule has 4 rings (SSSR count). The first kappa shape index (κ1) is 20.0. The van der Waals surface area contributed by atoms with Gasteiger partial charge in [0.05, 0.1) is 24.1 Å². The highest BCUT2D eigenvalue weighted by Crippen LogP contribution is 2.25. The number of rotatable bonds is 7. The van der Waals surface area contributed by atoms with Crippen LogP contribution in [0.5, 0.6) is 0 Å². The number of hydrogen-bond acceptors (Lipinski definition) is 6. The first-order chi connectivity index (χ1) is 15.1. The number of tetrazole rings is 1. The van der Waals surface area contributed by atoms with Crippen molar-refractivity contribution in [3.8, 4) is 11.4 Å². The Morgan fingerprint density at radius 1 is 1.03 bits per heavy atom. The van der Waals surface area contributed by atoms with Crippen molar-refractivity contribution in [1.29, 1.82) is 0 Å². The second-order valence-corrected chi connectivity index (χ2v) is 6.48. The first-order valence-electron chi connectivity index (χ1n) is 9.32. The molecule has 0 aliphatic heterocycles. The van der Waals surface area contributed by atoms with Crippen molar-refractivity contribution < 1.29 is 18.4 Å². The number of carbonyl (C=O) groups is 2. The predicted molar refractivity (Wildman–Crippen MR) is 108 cm³/mol. The summed E-state index contributed by atoms with van der Waals surface area (Å²) in [7, 11) is 0. The van der Waals surface area contributed by atoms with E-state index in [4.69, 9.17) is 4.42 Å². The van der Waals surface area contributed by atoms with Crippen molar-refractivity contribution >= 4 is 17.5 Å². The Balaban J connectivity index is 1.46. The summed E-state index contributed by atoms with van der Waals surface area (Å²) in [6, 6.07) is 16.0. The van der Waals surface area contributed by atoms with Gasteiger partial charge in [-0.05, 0) is 41.6 Å². The number of nitrogens with one attached hydrogen (secondary N) is 2. The second-order valence-electron chi connectivity index (χ2n) is 6.48. The molecule has 2 heterocycles. The molecule has 0 radical (unpaired) electrons. The largest absolute Gasteiger partial charge is 0.467 e. The number of halogens is 1. The quantitative estimate of drug-likeness (QED) is 0.475.